The van der Waals surface area contributed by atoms with Gasteiger partial charge in [-0.15, -0.1) is 0 Å². The van der Waals surface area contributed by atoms with Crippen molar-refractivity contribution in [3.63, 3.8) is 0 Å². The van der Waals surface area contributed by atoms with Gasteiger partial charge in [0.2, 0.25) is 0 Å². The second-order valence-electron chi connectivity index (χ2n) is 13.4. The average Bonchev–Trinajstić information content (AvgIpc) is 3.18. The average molecular weight is 1110 g/mol. The fraction of sp³-hybridized carbons (Fsp3) is 0.533. The zero-order chi connectivity index (χ0) is 55.7. The molecule has 2 aromatic heterocycles. The lowest BCUT2D eigenvalue weighted by Crippen LogP contribution is -2.60. The van der Waals surface area contributed by atoms with Gasteiger partial charge in [0, 0.05) is 11.1 Å². The summed E-state index contributed by atoms with van der Waals surface area (Å²) in [5.74, 6) is -102. The fourth-order valence-electron chi connectivity index (χ4n) is 4.74. The van der Waals surface area contributed by atoms with Crippen LogP contribution < -0.4 is 0 Å². The van der Waals surface area contributed by atoms with E-state index in [0.29, 0.717) is 0 Å². The number of hydrogen-bond donors (Lipinski definition) is 0. The lowest BCUT2D eigenvalue weighted by Gasteiger charge is -2.35. The Labute approximate surface area is 356 Å². The summed E-state index contributed by atoms with van der Waals surface area (Å²) in [4.78, 5) is 7.87. The number of nitrogens with zero attached hydrogens (tertiary/aromatic N) is 4. The van der Waals surface area contributed by atoms with Gasteiger partial charge in [0.05, 0.1) is 0 Å². The molecule has 0 saturated carbocycles. The zero-order valence-electron chi connectivity index (χ0n) is 30.9. The van der Waals surface area contributed by atoms with Crippen LogP contribution >= 0.6 is 0 Å². The van der Waals surface area contributed by atoms with Gasteiger partial charge < -0.3 is 0 Å². The Morgan fingerprint density at radius 3 is 0.557 bits per heavy atom. The molecule has 0 aliphatic rings. The molecule has 3 aromatic rings. The molecule has 3 rings (SSSR count). The Balaban J connectivity index is 2.64. The SMILES string of the molecule is FC(F)(F)C(F)(F)C(F)(F)C(F)(F)c1cc(C(F)(F)C(F)(F)C(F)(F)C(F)(F)F)nc(-c2cccc(-c3nc(C(F)(F)C(F)(F)C(F)(F)C(F)(F)F)cc(C(F)(F)C(F)(F)C(F)(F)C(F)(F)F)n3)c2)n1. The highest BCUT2D eigenvalue weighted by atomic mass is 19.5. The summed E-state index contributed by atoms with van der Waals surface area (Å²) < 4.78 is 498. The van der Waals surface area contributed by atoms with Crippen molar-refractivity contribution in [3.8, 4) is 22.8 Å². The Morgan fingerprint density at radius 2 is 0.400 bits per heavy atom. The first-order valence-electron chi connectivity index (χ1n) is 16.1. The van der Waals surface area contributed by atoms with Crippen molar-refractivity contribution >= 4 is 0 Å². The second-order valence-corrected chi connectivity index (χ2v) is 13.4. The molecule has 0 bridgehead atoms. The minimum atomic E-state index is -8.23. The third-order valence-electron chi connectivity index (χ3n) is 8.70. The van der Waals surface area contributed by atoms with Crippen LogP contribution in [0.2, 0.25) is 0 Å². The van der Waals surface area contributed by atoms with Crippen LogP contribution in [0.25, 0.3) is 22.8 Å². The maximum atomic E-state index is 15.0. The zero-order valence-corrected chi connectivity index (χ0v) is 30.9. The molecule has 0 N–H and O–H groups in total. The molecule has 0 spiro atoms. The quantitative estimate of drug-likeness (QED) is 0.151. The van der Waals surface area contributed by atoms with E-state index >= 15 is 0 Å². The van der Waals surface area contributed by atoms with E-state index in [4.69, 9.17) is 0 Å². The standard InChI is InChI=1S/C30H6F36N4/c31-15(32,19(39,40)23(47,48)27(55,56)57)9-5-10(16(33,34)20(41,42)24(49,50)28(58,59)60)68-13(67-9)7-2-1-3-8(4-7)14-69-11(17(35,36)21(43,44)25(51,52)29(61,62)63)6-12(70-14)18(37,38)22(45,46)26(53,54)30(64,65)66/h1-6H. The van der Waals surface area contributed by atoms with E-state index in [-0.39, 0.29) is 18.2 Å². The molecule has 0 aliphatic heterocycles. The highest BCUT2D eigenvalue weighted by molar-refractivity contribution is 5.66. The Kier molecular flexibility index (Phi) is 13.7. The summed E-state index contributed by atoms with van der Waals surface area (Å²) in [5, 5.41) is 0. The van der Waals surface area contributed by atoms with Crippen molar-refractivity contribution in [2.75, 3.05) is 0 Å². The van der Waals surface area contributed by atoms with Crippen LogP contribution in [-0.2, 0) is 23.7 Å². The van der Waals surface area contributed by atoms with Crippen molar-refractivity contribution in [3.05, 3.63) is 59.2 Å². The maximum Gasteiger partial charge on any atom is 0.460 e. The van der Waals surface area contributed by atoms with Gasteiger partial charge in [-0.3, -0.25) is 0 Å². The minimum Gasteiger partial charge on any atom is -0.226 e. The Bertz CT molecular complexity index is 2120. The third-order valence-corrected chi connectivity index (χ3v) is 8.70. The van der Waals surface area contributed by atoms with Gasteiger partial charge in [0.15, 0.2) is 11.6 Å². The van der Waals surface area contributed by atoms with Gasteiger partial charge in [-0.1, -0.05) is 18.2 Å². The normalized spacial score (nSPS) is 15.7. The van der Waals surface area contributed by atoms with Crippen LogP contribution in [0.3, 0.4) is 0 Å². The second kappa shape index (κ2) is 16.2. The van der Waals surface area contributed by atoms with Crippen molar-refractivity contribution in [1.29, 1.82) is 0 Å². The molecule has 2 heterocycles. The van der Waals surface area contributed by atoms with Crippen molar-refractivity contribution < 1.29 is 158 Å². The number of hydrogen-bond acceptors (Lipinski definition) is 4. The van der Waals surface area contributed by atoms with Gasteiger partial charge in [-0.05, 0) is 18.2 Å². The summed E-state index contributed by atoms with van der Waals surface area (Å²) in [7, 11) is 0. The number of halogens is 36. The Morgan fingerprint density at radius 1 is 0.229 bits per heavy atom. The van der Waals surface area contributed by atoms with Crippen LogP contribution in [0.15, 0.2) is 36.4 Å². The van der Waals surface area contributed by atoms with Gasteiger partial charge in [0.1, 0.15) is 22.8 Å². The summed E-state index contributed by atoms with van der Waals surface area (Å²) >= 11 is 0. The molecular formula is C30H6F36N4. The topological polar surface area (TPSA) is 51.6 Å². The van der Waals surface area contributed by atoms with E-state index < -0.39 is 160 Å². The highest BCUT2D eigenvalue weighted by Gasteiger charge is 2.86. The minimum absolute atomic E-state index is 0.250. The van der Waals surface area contributed by atoms with Crippen molar-refractivity contribution in [2.45, 2.75) is 95.8 Å². The van der Waals surface area contributed by atoms with E-state index in [1.54, 1.807) is 0 Å². The van der Waals surface area contributed by atoms with Gasteiger partial charge >= 0.3 is 95.8 Å². The summed E-state index contributed by atoms with van der Waals surface area (Å²) in [6.45, 7) is 0. The van der Waals surface area contributed by atoms with E-state index in [1.807, 2.05) is 19.9 Å². The number of aromatic nitrogens is 4. The predicted octanol–water partition coefficient (Wildman–Crippen LogP) is 14.3. The van der Waals surface area contributed by atoms with Gasteiger partial charge in [-0.2, -0.15) is 158 Å². The lowest BCUT2D eigenvalue weighted by molar-refractivity contribution is -0.401. The third kappa shape index (κ3) is 8.44. The molecule has 0 unspecified atom stereocenters. The van der Waals surface area contributed by atoms with Crippen LogP contribution in [-0.4, -0.2) is 92.0 Å². The molecule has 0 radical (unpaired) electrons. The first-order chi connectivity index (χ1) is 30.4. The van der Waals surface area contributed by atoms with Crippen molar-refractivity contribution in [2.24, 2.45) is 0 Å². The molecule has 0 saturated heterocycles. The van der Waals surface area contributed by atoms with Crippen molar-refractivity contribution in [1.82, 2.24) is 19.9 Å². The molecule has 4 nitrogen and oxygen atoms in total. The number of alkyl halides is 36. The molecule has 0 fully saturated rings. The van der Waals surface area contributed by atoms with Crippen LogP contribution in [0.5, 0.6) is 0 Å². The first kappa shape index (κ1) is 59.2. The van der Waals surface area contributed by atoms with Crippen LogP contribution in [0, 0.1) is 0 Å². The van der Waals surface area contributed by atoms with E-state index in [9.17, 15) is 158 Å². The number of benzene rings is 1. The lowest BCUT2D eigenvalue weighted by atomic mass is 9.96. The van der Waals surface area contributed by atoms with Crippen LogP contribution in [0.4, 0.5) is 158 Å². The van der Waals surface area contributed by atoms with Crippen LogP contribution in [0.1, 0.15) is 22.8 Å². The first-order valence-corrected chi connectivity index (χ1v) is 16.1. The van der Waals surface area contributed by atoms with E-state index in [2.05, 4.69) is 0 Å². The molecule has 1 aromatic carbocycles. The molecule has 398 valence electrons. The Hall–Kier alpha value is -5.14. The molecule has 40 heteroatoms. The van der Waals surface area contributed by atoms with Gasteiger partial charge in [-0.25, -0.2) is 19.9 Å². The molecule has 0 amide bonds. The fourth-order valence-corrected chi connectivity index (χ4v) is 4.74. The molecule has 0 aliphatic carbocycles. The summed E-state index contributed by atoms with van der Waals surface area (Å²) in [6.07, 6.45) is -31.6. The highest BCUT2D eigenvalue weighted by Crippen LogP contribution is 2.62. The monoisotopic (exact) mass is 1110 g/mol. The molecule has 0 atom stereocenters. The maximum absolute atomic E-state index is 15.0. The van der Waals surface area contributed by atoms with E-state index in [0.717, 1.165) is 0 Å². The number of rotatable bonds is 14. The predicted molar refractivity (Wildman–Crippen MR) is 148 cm³/mol. The molecular weight excluding hydrogens is 1100 g/mol. The van der Waals surface area contributed by atoms with Gasteiger partial charge in [0.25, 0.3) is 0 Å². The smallest absolute Gasteiger partial charge is 0.226 e. The summed E-state index contributed by atoms with van der Waals surface area (Å²) in [5.41, 5.74) is -20.5. The van der Waals surface area contributed by atoms with E-state index in [1.165, 1.54) is 0 Å². The summed E-state index contributed by atoms with van der Waals surface area (Å²) in [6, 6.07) is -5.79. The molecule has 70 heavy (non-hydrogen) atoms. The largest absolute Gasteiger partial charge is 0.460 e.